The highest BCUT2D eigenvalue weighted by Crippen LogP contribution is 2.28. The van der Waals surface area contributed by atoms with Crippen LogP contribution in [0.5, 0.6) is 0 Å². The Labute approximate surface area is 157 Å². The van der Waals surface area contributed by atoms with Crippen LogP contribution in [-0.2, 0) is 0 Å². The van der Waals surface area contributed by atoms with Gasteiger partial charge in [-0.05, 0) is 37.2 Å². The van der Waals surface area contributed by atoms with Crippen molar-refractivity contribution in [3.8, 4) is 10.8 Å². The molecule has 0 aliphatic rings. The van der Waals surface area contributed by atoms with Gasteiger partial charge in [-0.15, -0.1) is 10.2 Å². The van der Waals surface area contributed by atoms with E-state index >= 15 is 0 Å². The van der Waals surface area contributed by atoms with Crippen molar-refractivity contribution in [2.75, 3.05) is 23.7 Å². The van der Waals surface area contributed by atoms with E-state index in [0.29, 0.717) is 36.0 Å². The number of carbonyl (C=O) groups is 1. The molecule has 0 saturated heterocycles. The Kier molecular flexibility index (Phi) is 5.74. The van der Waals surface area contributed by atoms with Gasteiger partial charge >= 0.3 is 0 Å². The van der Waals surface area contributed by atoms with Crippen LogP contribution in [0.4, 0.5) is 16.5 Å². The normalized spacial score (nSPS) is 10.6. The van der Waals surface area contributed by atoms with Gasteiger partial charge in [0.1, 0.15) is 5.69 Å². The predicted octanol–water partition coefficient (Wildman–Crippen LogP) is 2.72. The van der Waals surface area contributed by atoms with E-state index in [-0.39, 0.29) is 16.4 Å². The number of amides is 1. The zero-order valence-corrected chi connectivity index (χ0v) is 14.9. The van der Waals surface area contributed by atoms with Crippen molar-refractivity contribution in [1.82, 2.24) is 10.2 Å². The van der Waals surface area contributed by atoms with Gasteiger partial charge in [0.2, 0.25) is 5.13 Å². The van der Waals surface area contributed by atoms with E-state index < -0.39 is 10.8 Å². The fourth-order valence-corrected chi connectivity index (χ4v) is 2.95. The highest BCUT2D eigenvalue weighted by Gasteiger charge is 2.19. The van der Waals surface area contributed by atoms with Crippen LogP contribution in [0, 0.1) is 10.1 Å². The van der Waals surface area contributed by atoms with Crippen LogP contribution in [0.2, 0.25) is 0 Å². The Morgan fingerprint density at radius 1 is 1.33 bits per heavy atom. The summed E-state index contributed by atoms with van der Waals surface area (Å²) in [7, 11) is 0. The van der Waals surface area contributed by atoms with E-state index in [0.717, 1.165) is 11.3 Å². The average molecular weight is 388 g/mol. The van der Waals surface area contributed by atoms with Crippen molar-refractivity contribution in [3.05, 3.63) is 52.3 Å². The smallest absolute Gasteiger partial charge is 0.293 e. The quantitative estimate of drug-likeness (QED) is 0.303. The van der Waals surface area contributed by atoms with Crippen LogP contribution in [-0.4, -0.2) is 34.1 Å². The monoisotopic (exact) mass is 388 g/mol. The van der Waals surface area contributed by atoms with E-state index in [2.05, 4.69) is 20.8 Å². The molecule has 0 saturated carbocycles. The van der Waals surface area contributed by atoms with Crippen molar-refractivity contribution in [1.29, 1.82) is 0 Å². The Morgan fingerprint density at radius 3 is 2.89 bits per heavy atom. The Hall–Kier alpha value is -3.31. The van der Waals surface area contributed by atoms with Gasteiger partial charge < -0.3 is 15.5 Å². The van der Waals surface area contributed by atoms with E-state index in [1.807, 2.05) is 0 Å². The number of aromatic nitrogens is 2. The number of nitrogens with two attached hydrogens (primary N) is 1. The fourth-order valence-electron chi connectivity index (χ4n) is 2.24. The summed E-state index contributed by atoms with van der Waals surface area (Å²) in [5.74, 6) is 0.0188. The van der Waals surface area contributed by atoms with Crippen LogP contribution >= 0.6 is 11.3 Å². The molecule has 0 atom stereocenters. The van der Waals surface area contributed by atoms with Gasteiger partial charge in [-0.1, -0.05) is 11.3 Å². The van der Waals surface area contributed by atoms with Gasteiger partial charge in [0.05, 0.1) is 11.2 Å². The number of benzene rings is 1. The first-order valence-corrected chi connectivity index (χ1v) is 8.81. The minimum absolute atomic E-state index is 0.140. The third-order valence-electron chi connectivity index (χ3n) is 3.53. The summed E-state index contributed by atoms with van der Waals surface area (Å²) in [5.41, 5.74) is 5.70. The summed E-state index contributed by atoms with van der Waals surface area (Å²) in [6.45, 7) is 0.979. The standard InChI is InChI=1S/C16H16N6O4S/c17-6-2-7-18-11-5-4-10(9-12(11)22(24)25)14(23)19-16-21-20-15(27-16)13-3-1-8-26-13/h1,3-5,8-9,18H,2,6-7,17H2,(H,19,21,23). The molecular weight excluding hydrogens is 372 g/mol. The number of hydrogen-bond donors (Lipinski definition) is 3. The second-order valence-corrected chi connectivity index (χ2v) is 6.38. The molecule has 3 rings (SSSR count). The van der Waals surface area contributed by atoms with Crippen LogP contribution in [0.1, 0.15) is 16.8 Å². The number of nitro groups is 1. The van der Waals surface area contributed by atoms with Gasteiger partial charge in [0, 0.05) is 18.2 Å². The molecule has 1 amide bonds. The number of nitro benzene ring substituents is 1. The molecule has 4 N–H and O–H groups in total. The molecule has 0 fully saturated rings. The SMILES string of the molecule is NCCCNc1ccc(C(=O)Nc2nnc(-c3ccco3)s2)cc1[N+](=O)[O-]. The lowest BCUT2D eigenvalue weighted by Crippen LogP contribution is -2.13. The number of carbonyl (C=O) groups excluding carboxylic acids is 1. The highest BCUT2D eigenvalue weighted by atomic mass is 32.1. The number of rotatable bonds is 8. The summed E-state index contributed by atoms with van der Waals surface area (Å²) in [6, 6.07) is 7.66. The van der Waals surface area contributed by atoms with Crippen molar-refractivity contribution >= 4 is 33.8 Å². The highest BCUT2D eigenvalue weighted by molar-refractivity contribution is 7.18. The predicted molar refractivity (Wildman–Crippen MR) is 101 cm³/mol. The second kappa shape index (κ2) is 8.38. The summed E-state index contributed by atoms with van der Waals surface area (Å²) in [5, 5.41) is 25.4. The molecule has 0 aliphatic heterocycles. The van der Waals surface area contributed by atoms with Gasteiger partial charge in [0.15, 0.2) is 10.8 Å². The molecule has 27 heavy (non-hydrogen) atoms. The van der Waals surface area contributed by atoms with E-state index in [9.17, 15) is 14.9 Å². The van der Waals surface area contributed by atoms with E-state index in [1.54, 1.807) is 12.1 Å². The molecule has 0 bridgehead atoms. The first kappa shape index (κ1) is 18.5. The van der Waals surface area contributed by atoms with Gasteiger partial charge in [-0.3, -0.25) is 20.2 Å². The third kappa shape index (κ3) is 4.46. The maximum Gasteiger partial charge on any atom is 0.293 e. The summed E-state index contributed by atoms with van der Waals surface area (Å²) >= 11 is 1.13. The van der Waals surface area contributed by atoms with Crippen molar-refractivity contribution in [2.24, 2.45) is 5.73 Å². The van der Waals surface area contributed by atoms with Crippen LogP contribution in [0.15, 0.2) is 41.0 Å². The molecule has 2 heterocycles. The molecule has 0 radical (unpaired) electrons. The van der Waals surface area contributed by atoms with Crippen LogP contribution in [0.25, 0.3) is 10.8 Å². The zero-order chi connectivity index (χ0) is 19.2. The third-order valence-corrected chi connectivity index (χ3v) is 4.38. The molecule has 140 valence electrons. The van der Waals surface area contributed by atoms with Crippen molar-refractivity contribution in [2.45, 2.75) is 6.42 Å². The zero-order valence-electron chi connectivity index (χ0n) is 14.0. The molecular formula is C16H16N6O4S. The largest absolute Gasteiger partial charge is 0.462 e. The minimum atomic E-state index is -0.540. The molecule has 0 spiro atoms. The Balaban J connectivity index is 1.74. The molecule has 10 nitrogen and oxygen atoms in total. The first-order chi connectivity index (χ1) is 13.1. The maximum atomic E-state index is 12.4. The van der Waals surface area contributed by atoms with E-state index in [4.69, 9.17) is 10.2 Å². The summed E-state index contributed by atoms with van der Waals surface area (Å²) in [4.78, 5) is 23.2. The topological polar surface area (TPSA) is 149 Å². The minimum Gasteiger partial charge on any atom is -0.462 e. The number of anilines is 2. The molecule has 1 aromatic carbocycles. The molecule has 3 aromatic rings. The number of nitrogens with zero attached hydrogens (tertiary/aromatic N) is 3. The van der Waals surface area contributed by atoms with Gasteiger partial charge in [0.25, 0.3) is 11.6 Å². The van der Waals surface area contributed by atoms with Gasteiger partial charge in [-0.25, -0.2) is 0 Å². The lowest BCUT2D eigenvalue weighted by Gasteiger charge is -2.08. The fraction of sp³-hybridized carbons (Fsp3) is 0.188. The Bertz CT molecular complexity index is 940. The lowest BCUT2D eigenvalue weighted by molar-refractivity contribution is -0.384. The summed E-state index contributed by atoms with van der Waals surface area (Å²) in [6.07, 6.45) is 2.19. The maximum absolute atomic E-state index is 12.4. The van der Waals surface area contributed by atoms with E-state index in [1.165, 1.54) is 24.5 Å². The first-order valence-electron chi connectivity index (χ1n) is 7.99. The van der Waals surface area contributed by atoms with Crippen molar-refractivity contribution < 1.29 is 14.1 Å². The van der Waals surface area contributed by atoms with Crippen molar-refractivity contribution in [3.63, 3.8) is 0 Å². The Morgan fingerprint density at radius 2 is 2.19 bits per heavy atom. The average Bonchev–Trinajstić information content (AvgIpc) is 3.33. The van der Waals surface area contributed by atoms with Crippen LogP contribution in [0.3, 0.4) is 0 Å². The molecule has 2 aromatic heterocycles. The molecule has 0 unspecified atom stereocenters. The summed E-state index contributed by atoms with van der Waals surface area (Å²) < 4.78 is 5.22. The van der Waals surface area contributed by atoms with Crippen LogP contribution < -0.4 is 16.4 Å². The lowest BCUT2D eigenvalue weighted by atomic mass is 10.1. The number of nitrogens with one attached hydrogen (secondary N) is 2. The molecule has 0 aliphatic carbocycles. The van der Waals surface area contributed by atoms with Gasteiger partial charge in [-0.2, -0.15) is 0 Å². The number of hydrogen-bond acceptors (Lipinski definition) is 9. The molecule has 11 heteroatoms. The second-order valence-electron chi connectivity index (χ2n) is 5.40. The number of furan rings is 1.